The zero-order valence-electron chi connectivity index (χ0n) is 12.7. The second-order valence-electron chi connectivity index (χ2n) is 7.82. The Balaban J connectivity index is 1.62. The lowest BCUT2D eigenvalue weighted by Gasteiger charge is -2.61. The summed E-state index contributed by atoms with van der Waals surface area (Å²) in [7, 11) is 0. The van der Waals surface area contributed by atoms with E-state index in [0.29, 0.717) is 0 Å². The van der Waals surface area contributed by atoms with Gasteiger partial charge >= 0.3 is 0 Å². The first-order valence-electron chi connectivity index (χ1n) is 8.92. The molecule has 0 aromatic carbocycles. The van der Waals surface area contributed by atoms with Gasteiger partial charge in [0.2, 0.25) is 0 Å². The molecule has 2 bridgehead atoms. The average Bonchev–Trinajstić information content (AvgIpc) is 2.47. The van der Waals surface area contributed by atoms with Gasteiger partial charge in [0, 0.05) is 24.4 Å². The van der Waals surface area contributed by atoms with Gasteiger partial charge < -0.3 is 4.48 Å². The Kier molecular flexibility index (Phi) is 3.15. The van der Waals surface area contributed by atoms with E-state index in [1.165, 1.54) is 75.7 Å². The summed E-state index contributed by atoms with van der Waals surface area (Å²) in [6.07, 6.45) is 10.6. The highest BCUT2D eigenvalue weighted by molar-refractivity contribution is 4.96. The molecule has 4 rings (SSSR count). The maximum absolute atomic E-state index is 2.90. The molecule has 19 heavy (non-hydrogen) atoms. The van der Waals surface area contributed by atoms with Gasteiger partial charge in [-0.1, -0.05) is 6.42 Å². The maximum atomic E-state index is 2.90. The van der Waals surface area contributed by atoms with Crippen molar-refractivity contribution in [3.05, 3.63) is 0 Å². The lowest BCUT2D eigenvalue weighted by molar-refractivity contribution is -0.967. The predicted octanol–water partition coefficient (Wildman–Crippen LogP) is 2.88. The smallest absolute Gasteiger partial charge is 0.0931 e. The van der Waals surface area contributed by atoms with Gasteiger partial charge in [0.15, 0.2) is 0 Å². The van der Waals surface area contributed by atoms with E-state index >= 15 is 0 Å². The molecule has 0 aliphatic carbocycles. The van der Waals surface area contributed by atoms with Crippen molar-refractivity contribution in [2.24, 2.45) is 11.8 Å². The van der Waals surface area contributed by atoms with Gasteiger partial charge in [0.25, 0.3) is 0 Å². The maximum Gasteiger partial charge on any atom is 0.0931 e. The molecule has 2 nitrogen and oxygen atoms in total. The quantitative estimate of drug-likeness (QED) is 0.658. The molecule has 0 amide bonds. The topological polar surface area (TPSA) is 3.24 Å². The normalized spacial score (nSPS) is 50.4. The highest BCUT2D eigenvalue weighted by Gasteiger charge is 2.54. The van der Waals surface area contributed by atoms with Crippen molar-refractivity contribution in [3.8, 4) is 0 Å². The van der Waals surface area contributed by atoms with Crippen LogP contribution in [0, 0.1) is 11.8 Å². The number of piperidine rings is 4. The summed E-state index contributed by atoms with van der Waals surface area (Å²) in [5, 5.41) is 0. The number of hydrogen-bond donors (Lipinski definition) is 0. The van der Waals surface area contributed by atoms with Crippen LogP contribution in [0.4, 0.5) is 0 Å². The molecule has 0 aromatic heterocycles. The first-order chi connectivity index (χ1) is 9.32. The van der Waals surface area contributed by atoms with Crippen LogP contribution in [-0.4, -0.2) is 54.2 Å². The molecule has 1 unspecified atom stereocenters. The standard InChI is InChI=1S/C17H31N2/c1-2-19-10-6-4-8-17(19)14-11-15(13-19)16-7-3-5-9-18(16)12-14/h14-17H,2-13H2,1H3/q+1/t14-,15-,16-,17+,19?/m0/s1. The minimum Gasteiger partial charge on any atom is -0.321 e. The Morgan fingerprint density at radius 1 is 1.05 bits per heavy atom. The van der Waals surface area contributed by atoms with E-state index in [1.54, 1.807) is 6.42 Å². The fourth-order valence-electron chi connectivity index (χ4n) is 6.29. The average molecular weight is 263 g/mol. The van der Waals surface area contributed by atoms with Crippen molar-refractivity contribution in [1.82, 2.24) is 4.90 Å². The van der Waals surface area contributed by atoms with Crippen molar-refractivity contribution in [2.75, 3.05) is 32.7 Å². The first kappa shape index (κ1) is 12.6. The van der Waals surface area contributed by atoms with Crippen molar-refractivity contribution in [2.45, 2.75) is 64.0 Å². The molecular formula is C17H31N2+. The third-order valence-corrected chi connectivity index (χ3v) is 7.11. The molecule has 5 atom stereocenters. The van der Waals surface area contributed by atoms with E-state index in [4.69, 9.17) is 0 Å². The lowest BCUT2D eigenvalue weighted by Crippen LogP contribution is -2.71. The minimum absolute atomic E-state index is 0.967. The van der Waals surface area contributed by atoms with E-state index in [2.05, 4.69) is 11.8 Å². The summed E-state index contributed by atoms with van der Waals surface area (Å²) in [4.78, 5) is 2.90. The molecule has 0 spiro atoms. The van der Waals surface area contributed by atoms with Crippen molar-refractivity contribution >= 4 is 0 Å². The van der Waals surface area contributed by atoms with Crippen molar-refractivity contribution in [1.29, 1.82) is 0 Å². The van der Waals surface area contributed by atoms with Crippen LogP contribution >= 0.6 is 0 Å². The molecule has 4 saturated heterocycles. The minimum atomic E-state index is 0.967. The molecule has 108 valence electrons. The molecule has 4 fully saturated rings. The second-order valence-corrected chi connectivity index (χ2v) is 7.82. The Hall–Kier alpha value is -0.0800. The van der Waals surface area contributed by atoms with Gasteiger partial charge in [0.05, 0.1) is 25.7 Å². The number of quaternary nitrogens is 1. The highest BCUT2D eigenvalue weighted by atomic mass is 15.4. The summed E-state index contributed by atoms with van der Waals surface area (Å²) < 4.78 is 1.51. The Morgan fingerprint density at radius 2 is 1.95 bits per heavy atom. The number of hydrogen-bond acceptors (Lipinski definition) is 1. The van der Waals surface area contributed by atoms with Gasteiger partial charge in [-0.15, -0.1) is 0 Å². The van der Waals surface area contributed by atoms with Gasteiger partial charge in [-0.2, -0.15) is 0 Å². The van der Waals surface area contributed by atoms with Crippen molar-refractivity contribution < 1.29 is 4.48 Å². The van der Waals surface area contributed by atoms with E-state index in [0.717, 1.165) is 23.9 Å². The van der Waals surface area contributed by atoms with Gasteiger partial charge in [0.1, 0.15) is 0 Å². The van der Waals surface area contributed by atoms with Crippen molar-refractivity contribution in [3.63, 3.8) is 0 Å². The molecular weight excluding hydrogens is 232 g/mol. The lowest BCUT2D eigenvalue weighted by atomic mass is 9.69. The monoisotopic (exact) mass is 263 g/mol. The third kappa shape index (κ3) is 1.90. The molecule has 4 aliphatic rings. The first-order valence-corrected chi connectivity index (χ1v) is 8.92. The highest BCUT2D eigenvalue weighted by Crippen LogP contribution is 2.46. The van der Waals surface area contributed by atoms with E-state index in [-0.39, 0.29) is 0 Å². The number of rotatable bonds is 1. The largest absolute Gasteiger partial charge is 0.321 e. The van der Waals surface area contributed by atoms with Crippen LogP contribution in [0.2, 0.25) is 0 Å². The summed E-state index contributed by atoms with van der Waals surface area (Å²) in [6.45, 7) is 9.77. The summed E-state index contributed by atoms with van der Waals surface area (Å²) in [5.41, 5.74) is 0. The second kappa shape index (κ2) is 4.73. The van der Waals surface area contributed by atoms with Crippen LogP contribution in [0.25, 0.3) is 0 Å². The van der Waals surface area contributed by atoms with E-state index < -0.39 is 0 Å². The fraction of sp³-hybridized carbons (Fsp3) is 1.00. The van der Waals surface area contributed by atoms with E-state index in [9.17, 15) is 0 Å². The molecule has 0 N–H and O–H groups in total. The SMILES string of the molecule is CC[N+]12CCCC[C@@H]1[C@H]1C[C@@H](C2)[C@@H]2CCCCN2C1. The fourth-order valence-corrected chi connectivity index (χ4v) is 6.29. The summed E-state index contributed by atoms with van der Waals surface area (Å²) in [6, 6.07) is 1.99. The van der Waals surface area contributed by atoms with Crippen LogP contribution < -0.4 is 0 Å². The van der Waals surface area contributed by atoms with Crippen LogP contribution in [0.3, 0.4) is 0 Å². The zero-order valence-corrected chi connectivity index (χ0v) is 12.7. The van der Waals surface area contributed by atoms with Gasteiger partial charge in [-0.05, 0) is 52.0 Å². The van der Waals surface area contributed by atoms with Crippen LogP contribution in [-0.2, 0) is 0 Å². The zero-order chi connectivity index (χ0) is 12.9. The van der Waals surface area contributed by atoms with Gasteiger partial charge in [-0.25, -0.2) is 0 Å². The summed E-state index contributed by atoms with van der Waals surface area (Å²) in [5.74, 6) is 2.07. The predicted molar refractivity (Wildman–Crippen MR) is 79.0 cm³/mol. The molecule has 0 saturated carbocycles. The number of fused-ring (bicyclic) bond motifs is 6. The number of nitrogens with zero attached hydrogens (tertiary/aromatic N) is 2. The molecule has 0 radical (unpaired) electrons. The molecule has 4 heterocycles. The Bertz CT molecular complexity index is 342. The Morgan fingerprint density at radius 3 is 2.84 bits per heavy atom. The molecule has 4 aliphatic heterocycles. The molecule has 2 heteroatoms. The van der Waals surface area contributed by atoms with Crippen LogP contribution in [0.5, 0.6) is 0 Å². The molecule has 0 aromatic rings. The van der Waals surface area contributed by atoms with Crippen LogP contribution in [0.15, 0.2) is 0 Å². The Labute approximate surface area is 118 Å². The van der Waals surface area contributed by atoms with E-state index in [1.807, 2.05) is 0 Å². The summed E-state index contributed by atoms with van der Waals surface area (Å²) >= 11 is 0. The van der Waals surface area contributed by atoms with Gasteiger partial charge in [-0.3, -0.25) is 4.90 Å². The third-order valence-electron chi connectivity index (χ3n) is 7.11. The van der Waals surface area contributed by atoms with Crippen LogP contribution in [0.1, 0.15) is 51.9 Å².